The molecule has 0 aliphatic heterocycles. The van der Waals surface area contributed by atoms with Gasteiger partial charge in [0.1, 0.15) is 11.6 Å². The van der Waals surface area contributed by atoms with Crippen LogP contribution in [0.4, 0.5) is 0 Å². The molecule has 1 saturated carbocycles. The molecule has 0 atom stereocenters. The first kappa shape index (κ1) is 10.8. The summed E-state index contributed by atoms with van der Waals surface area (Å²) in [6.07, 6.45) is 2.29. The number of aromatic nitrogens is 3. The molecule has 1 aromatic carbocycles. The Labute approximate surface area is 105 Å². The van der Waals surface area contributed by atoms with Gasteiger partial charge in [-0.3, -0.25) is 0 Å². The average molecular weight is 248 g/mol. The standard InChI is InChI=1S/C13H14ClN3/c1-17-11(9-14)15-16-12(17)13(7-8-13)10-5-3-2-4-6-10/h2-6H,7-9H2,1H3. The summed E-state index contributed by atoms with van der Waals surface area (Å²) in [7, 11) is 2.00. The SMILES string of the molecule is Cn1c(CCl)nnc1C1(c2ccccc2)CC1. The minimum atomic E-state index is 0.0767. The van der Waals surface area contributed by atoms with Gasteiger partial charge in [-0.2, -0.15) is 0 Å². The second-order valence-electron chi connectivity index (χ2n) is 4.58. The lowest BCUT2D eigenvalue weighted by Gasteiger charge is -2.14. The number of hydrogen-bond donors (Lipinski definition) is 0. The molecule has 0 bridgehead atoms. The summed E-state index contributed by atoms with van der Waals surface area (Å²) in [6.45, 7) is 0. The highest BCUT2D eigenvalue weighted by molar-refractivity contribution is 6.16. The zero-order chi connectivity index (χ0) is 11.9. The van der Waals surface area contributed by atoms with E-state index in [1.54, 1.807) is 0 Å². The second-order valence-corrected chi connectivity index (χ2v) is 4.85. The molecule has 2 aromatic rings. The molecule has 0 spiro atoms. The van der Waals surface area contributed by atoms with Gasteiger partial charge >= 0.3 is 0 Å². The Bertz CT molecular complexity index is 529. The van der Waals surface area contributed by atoms with E-state index in [-0.39, 0.29) is 5.41 Å². The Morgan fingerprint density at radius 3 is 2.47 bits per heavy atom. The summed E-state index contributed by atoms with van der Waals surface area (Å²) in [6, 6.07) is 10.5. The molecule has 0 unspecified atom stereocenters. The van der Waals surface area contributed by atoms with E-state index in [1.165, 1.54) is 5.56 Å². The summed E-state index contributed by atoms with van der Waals surface area (Å²) >= 11 is 5.84. The van der Waals surface area contributed by atoms with Crippen molar-refractivity contribution in [3.05, 3.63) is 47.5 Å². The van der Waals surface area contributed by atoms with Gasteiger partial charge in [0.25, 0.3) is 0 Å². The molecule has 1 heterocycles. The number of rotatable bonds is 3. The molecule has 17 heavy (non-hydrogen) atoms. The van der Waals surface area contributed by atoms with Crippen LogP contribution in [0.2, 0.25) is 0 Å². The fourth-order valence-electron chi connectivity index (χ4n) is 2.42. The third-order valence-corrected chi connectivity index (χ3v) is 3.83. The molecule has 3 nitrogen and oxygen atoms in total. The summed E-state index contributed by atoms with van der Waals surface area (Å²) in [4.78, 5) is 0. The Balaban J connectivity index is 2.07. The van der Waals surface area contributed by atoms with E-state index in [1.807, 2.05) is 17.7 Å². The number of halogens is 1. The Kier molecular flexibility index (Phi) is 2.44. The van der Waals surface area contributed by atoms with Crippen LogP contribution >= 0.6 is 11.6 Å². The van der Waals surface area contributed by atoms with Gasteiger partial charge in [-0.15, -0.1) is 21.8 Å². The summed E-state index contributed by atoms with van der Waals surface area (Å²) in [5.74, 6) is 2.29. The summed E-state index contributed by atoms with van der Waals surface area (Å²) in [5, 5.41) is 8.47. The predicted molar refractivity (Wildman–Crippen MR) is 67.0 cm³/mol. The Morgan fingerprint density at radius 2 is 1.94 bits per heavy atom. The van der Waals surface area contributed by atoms with E-state index in [9.17, 15) is 0 Å². The van der Waals surface area contributed by atoms with Gasteiger partial charge in [-0.05, 0) is 18.4 Å². The van der Waals surface area contributed by atoms with Gasteiger partial charge in [0.2, 0.25) is 0 Å². The minimum absolute atomic E-state index is 0.0767. The minimum Gasteiger partial charge on any atom is -0.316 e. The number of alkyl halides is 1. The number of nitrogens with zero attached hydrogens (tertiary/aromatic N) is 3. The topological polar surface area (TPSA) is 30.7 Å². The third-order valence-electron chi connectivity index (χ3n) is 3.59. The zero-order valence-corrected chi connectivity index (χ0v) is 10.5. The second kappa shape index (κ2) is 3.84. The van der Waals surface area contributed by atoms with Gasteiger partial charge < -0.3 is 4.57 Å². The quantitative estimate of drug-likeness (QED) is 0.781. The Morgan fingerprint density at radius 1 is 1.24 bits per heavy atom. The Hall–Kier alpha value is -1.35. The van der Waals surface area contributed by atoms with E-state index in [0.717, 1.165) is 24.5 Å². The van der Waals surface area contributed by atoms with Crippen LogP contribution in [-0.2, 0) is 18.3 Å². The summed E-state index contributed by atoms with van der Waals surface area (Å²) < 4.78 is 2.03. The average Bonchev–Trinajstić information content (AvgIpc) is 3.09. The largest absolute Gasteiger partial charge is 0.316 e. The van der Waals surface area contributed by atoms with Gasteiger partial charge in [-0.25, -0.2) is 0 Å². The van der Waals surface area contributed by atoms with Crippen molar-refractivity contribution in [3.8, 4) is 0 Å². The highest BCUT2D eigenvalue weighted by atomic mass is 35.5. The lowest BCUT2D eigenvalue weighted by Crippen LogP contribution is -2.15. The molecular formula is C13H14ClN3. The fourth-order valence-corrected chi connectivity index (χ4v) is 2.65. The van der Waals surface area contributed by atoms with Gasteiger partial charge in [0.05, 0.1) is 11.3 Å². The summed E-state index contributed by atoms with van der Waals surface area (Å²) in [5.41, 5.74) is 1.41. The van der Waals surface area contributed by atoms with E-state index < -0.39 is 0 Å². The molecule has 1 aliphatic rings. The molecule has 0 saturated heterocycles. The lowest BCUT2D eigenvalue weighted by atomic mass is 9.95. The van der Waals surface area contributed by atoms with Crippen LogP contribution in [0.25, 0.3) is 0 Å². The number of hydrogen-bond acceptors (Lipinski definition) is 2. The van der Waals surface area contributed by atoms with E-state index in [4.69, 9.17) is 11.6 Å². The molecular weight excluding hydrogens is 234 g/mol. The lowest BCUT2D eigenvalue weighted by molar-refractivity contribution is 0.683. The number of benzene rings is 1. The predicted octanol–water partition coefficient (Wildman–Crippen LogP) is 2.63. The monoisotopic (exact) mass is 247 g/mol. The van der Waals surface area contributed by atoms with Crippen LogP contribution in [0, 0.1) is 0 Å². The van der Waals surface area contributed by atoms with Crippen LogP contribution in [0.15, 0.2) is 30.3 Å². The first-order chi connectivity index (χ1) is 8.28. The molecule has 1 aliphatic carbocycles. The van der Waals surface area contributed by atoms with Crippen LogP contribution < -0.4 is 0 Å². The van der Waals surface area contributed by atoms with Crippen LogP contribution in [-0.4, -0.2) is 14.8 Å². The van der Waals surface area contributed by atoms with Crippen molar-refractivity contribution in [2.45, 2.75) is 24.1 Å². The zero-order valence-electron chi connectivity index (χ0n) is 9.73. The first-order valence-corrected chi connectivity index (χ1v) is 6.31. The maximum Gasteiger partial charge on any atom is 0.147 e. The third kappa shape index (κ3) is 1.57. The van der Waals surface area contributed by atoms with Crippen molar-refractivity contribution >= 4 is 11.6 Å². The molecule has 0 amide bonds. The first-order valence-electron chi connectivity index (χ1n) is 5.78. The molecule has 88 valence electrons. The molecule has 0 radical (unpaired) electrons. The van der Waals surface area contributed by atoms with E-state index in [0.29, 0.717) is 5.88 Å². The van der Waals surface area contributed by atoms with Crippen molar-refractivity contribution < 1.29 is 0 Å². The smallest absolute Gasteiger partial charge is 0.147 e. The maximum absolute atomic E-state index is 5.84. The van der Waals surface area contributed by atoms with Crippen molar-refractivity contribution in [3.63, 3.8) is 0 Å². The van der Waals surface area contributed by atoms with Crippen molar-refractivity contribution in [2.75, 3.05) is 0 Å². The van der Waals surface area contributed by atoms with Crippen LogP contribution in [0.1, 0.15) is 30.1 Å². The van der Waals surface area contributed by atoms with Crippen molar-refractivity contribution in [1.29, 1.82) is 0 Å². The van der Waals surface area contributed by atoms with Crippen LogP contribution in [0.3, 0.4) is 0 Å². The normalized spacial score (nSPS) is 17.1. The van der Waals surface area contributed by atoms with Crippen molar-refractivity contribution in [2.24, 2.45) is 7.05 Å². The van der Waals surface area contributed by atoms with E-state index >= 15 is 0 Å². The van der Waals surface area contributed by atoms with Gasteiger partial charge in [-0.1, -0.05) is 30.3 Å². The van der Waals surface area contributed by atoms with Crippen LogP contribution in [0.5, 0.6) is 0 Å². The van der Waals surface area contributed by atoms with Crippen molar-refractivity contribution in [1.82, 2.24) is 14.8 Å². The molecule has 3 rings (SSSR count). The highest BCUT2D eigenvalue weighted by Gasteiger charge is 2.49. The van der Waals surface area contributed by atoms with E-state index in [2.05, 4.69) is 34.5 Å². The molecule has 1 aromatic heterocycles. The molecule has 4 heteroatoms. The fraction of sp³-hybridized carbons (Fsp3) is 0.385. The molecule has 1 fully saturated rings. The van der Waals surface area contributed by atoms with Gasteiger partial charge in [0, 0.05) is 7.05 Å². The van der Waals surface area contributed by atoms with Gasteiger partial charge in [0.15, 0.2) is 0 Å². The maximum atomic E-state index is 5.84. The highest BCUT2D eigenvalue weighted by Crippen LogP contribution is 2.52. The molecule has 0 N–H and O–H groups in total.